The zero-order chi connectivity index (χ0) is 18.9. The maximum absolute atomic E-state index is 13.0. The molecule has 0 saturated carbocycles. The smallest absolute Gasteiger partial charge is 0.253 e. The third-order valence-electron chi connectivity index (χ3n) is 5.44. The molecule has 2 aromatic carbocycles. The largest absolute Gasteiger partial charge is 0.440 e. The van der Waals surface area contributed by atoms with Gasteiger partial charge in [-0.1, -0.05) is 18.2 Å². The Labute approximate surface area is 163 Å². The number of amides is 1. The van der Waals surface area contributed by atoms with Gasteiger partial charge in [-0.3, -0.25) is 4.79 Å². The number of aromatic nitrogens is 2. The minimum atomic E-state index is 0.0880. The summed E-state index contributed by atoms with van der Waals surface area (Å²) in [4.78, 5) is 19.6. The van der Waals surface area contributed by atoms with Crippen molar-refractivity contribution in [1.29, 1.82) is 0 Å². The Bertz CT molecular complexity index is 1070. The Morgan fingerprint density at radius 3 is 2.54 bits per heavy atom. The highest BCUT2D eigenvalue weighted by Gasteiger charge is 2.27. The van der Waals surface area contributed by atoms with E-state index in [1.54, 1.807) is 0 Å². The third kappa shape index (κ3) is 3.09. The van der Waals surface area contributed by atoms with E-state index in [2.05, 4.69) is 4.98 Å². The van der Waals surface area contributed by atoms with Crippen LogP contribution in [0.4, 0.5) is 0 Å². The summed E-state index contributed by atoms with van der Waals surface area (Å²) in [5, 5.41) is 0. The van der Waals surface area contributed by atoms with E-state index in [1.807, 2.05) is 82.5 Å². The molecule has 0 N–H and O–H groups in total. The summed E-state index contributed by atoms with van der Waals surface area (Å²) in [6.45, 7) is 1.44. The molecule has 1 aliphatic heterocycles. The first-order valence-corrected chi connectivity index (χ1v) is 9.66. The van der Waals surface area contributed by atoms with E-state index in [0.717, 1.165) is 54.2 Å². The molecule has 1 fully saturated rings. The molecule has 0 atom stereocenters. The van der Waals surface area contributed by atoms with Crippen molar-refractivity contribution in [2.45, 2.75) is 18.8 Å². The number of oxazole rings is 1. The van der Waals surface area contributed by atoms with Gasteiger partial charge < -0.3 is 13.9 Å². The normalized spacial score (nSPS) is 15.2. The number of benzene rings is 2. The van der Waals surface area contributed by atoms with Crippen LogP contribution in [0.2, 0.25) is 0 Å². The molecule has 4 aromatic rings. The maximum Gasteiger partial charge on any atom is 0.253 e. The second-order valence-electron chi connectivity index (χ2n) is 7.23. The van der Waals surface area contributed by atoms with E-state index < -0.39 is 0 Å². The predicted molar refractivity (Wildman–Crippen MR) is 108 cm³/mol. The molecule has 0 aliphatic carbocycles. The summed E-state index contributed by atoms with van der Waals surface area (Å²) in [5.74, 6) is 1.15. The van der Waals surface area contributed by atoms with E-state index >= 15 is 0 Å². The van der Waals surface area contributed by atoms with E-state index in [1.165, 1.54) is 0 Å². The van der Waals surface area contributed by atoms with Crippen molar-refractivity contribution in [2.75, 3.05) is 13.1 Å². The van der Waals surface area contributed by atoms with Crippen LogP contribution in [0, 0.1) is 0 Å². The molecule has 1 amide bonds. The lowest BCUT2D eigenvalue weighted by molar-refractivity contribution is 0.0706. The highest BCUT2D eigenvalue weighted by Crippen LogP contribution is 2.30. The Balaban J connectivity index is 1.29. The van der Waals surface area contributed by atoms with Crippen molar-refractivity contribution in [1.82, 2.24) is 14.5 Å². The fourth-order valence-electron chi connectivity index (χ4n) is 3.88. The number of rotatable bonds is 3. The van der Waals surface area contributed by atoms with Gasteiger partial charge in [0, 0.05) is 42.7 Å². The van der Waals surface area contributed by atoms with Crippen LogP contribution >= 0.6 is 0 Å². The predicted octanol–water partition coefficient (Wildman–Crippen LogP) is 4.64. The fraction of sp³-hybridized carbons (Fsp3) is 0.217. The number of likely N-dealkylation sites (tertiary alicyclic amines) is 1. The molecule has 1 aliphatic rings. The van der Waals surface area contributed by atoms with E-state index in [0.29, 0.717) is 0 Å². The van der Waals surface area contributed by atoms with Gasteiger partial charge in [0.1, 0.15) is 5.52 Å². The molecule has 5 heteroatoms. The first kappa shape index (κ1) is 16.8. The fourth-order valence-corrected chi connectivity index (χ4v) is 3.88. The molecule has 0 unspecified atom stereocenters. The van der Waals surface area contributed by atoms with Gasteiger partial charge in [-0.2, -0.15) is 0 Å². The number of carbonyl (C=O) groups is 1. The number of hydrogen-bond donors (Lipinski definition) is 0. The van der Waals surface area contributed by atoms with Crippen LogP contribution in [-0.2, 0) is 0 Å². The van der Waals surface area contributed by atoms with E-state index in [-0.39, 0.29) is 11.8 Å². The standard InChI is InChI=1S/C23H21N3O2/c27-23(18-6-5-7-19(16-18)25-12-3-4-13-25)26-14-10-17(11-15-26)22-24-20-8-1-2-9-21(20)28-22/h1-9,12-13,16-17H,10-11,14-15H2. The van der Waals surface area contributed by atoms with Gasteiger partial charge >= 0.3 is 0 Å². The highest BCUT2D eigenvalue weighted by molar-refractivity contribution is 5.94. The number of fused-ring (bicyclic) bond motifs is 1. The van der Waals surface area contributed by atoms with Gasteiger partial charge in [0.05, 0.1) is 0 Å². The van der Waals surface area contributed by atoms with Crippen LogP contribution in [0.3, 0.4) is 0 Å². The third-order valence-corrected chi connectivity index (χ3v) is 5.44. The Hall–Kier alpha value is -3.34. The van der Waals surface area contributed by atoms with E-state index in [4.69, 9.17) is 4.42 Å². The molecular formula is C23H21N3O2. The van der Waals surface area contributed by atoms with Crippen LogP contribution in [0.25, 0.3) is 16.8 Å². The summed E-state index contributed by atoms with van der Waals surface area (Å²) in [6, 6.07) is 19.6. The van der Waals surface area contributed by atoms with Gasteiger partial charge in [-0.25, -0.2) is 4.98 Å². The van der Waals surface area contributed by atoms with Gasteiger partial charge in [-0.05, 0) is 55.3 Å². The second-order valence-corrected chi connectivity index (χ2v) is 7.23. The van der Waals surface area contributed by atoms with E-state index in [9.17, 15) is 4.79 Å². The number of nitrogens with zero attached hydrogens (tertiary/aromatic N) is 3. The zero-order valence-corrected chi connectivity index (χ0v) is 15.5. The number of hydrogen-bond acceptors (Lipinski definition) is 3. The quantitative estimate of drug-likeness (QED) is 0.527. The molecule has 0 spiro atoms. The van der Waals surface area contributed by atoms with Gasteiger partial charge in [0.15, 0.2) is 11.5 Å². The summed E-state index contributed by atoms with van der Waals surface area (Å²) in [5.41, 5.74) is 3.46. The molecule has 0 bridgehead atoms. The van der Waals surface area contributed by atoms with Crippen LogP contribution in [0.1, 0.15) is 35.0 Å². The molecule has 0 radical (unpaired) electrons. The average Bonchev–Trinajstić information content (AvgIpc) is 3.43. The van der Waals surface area contributed by atoms with Crippen LogP contribution < -0.4 is 0 Å². The Morgan fingerprint density at radius 1 is 0.964 bits per heavy atom. The first-order chi connectivity index (χ1) is 13.8. The molecule has 5 rings (SSSR count). The van der Waals surface area contributed by atoms with Crippen molar-refractivity contribution in [3.63, 3.8) is 0 Å². The molecule has 3 heterocycles. The van der Waals surface area contributed by atoms with Gasteiger partial charge in [0.25, 0.3) is 5.91 Å². The van der Waals surface area contributed by atoms with Gasteiger partial charge in [0.2, 0.25) is 0 Å². The van der Waals surface area contributed by atoms with Crippen molar-refractivity contribution >= 4 is 17.0 Å². The van der Waals surface area contributed by atoms with Crippen LogP contribution in [-0.4, -0.2) is 33.4 Å². The monoisotopic (exact) mass is 371 g/mol. The van der Waals surface area contributed by atoms with Gasteiger partial charge in [-0.15, -0.1) is 0 Å². The lowest BCUT2D eigenvalue weighted by atomic mass is 9.96. The number of carbonyl (C=O) groups excluding carboxylic acids is 1. The second kappa shape index (κ2) is 7.00. The van der Waals surface area contributed by atoms with Crippen LogP contribution in [0.15, 0.2) is 77.5 Å². The number of para-hydroxylation sites is 2. The summed E-state index contributed by atoms with van der Waals surface area (Å²) >= 11 is 0. The van der Waals surface area contributed by atoms with Crippen molar-refractivity contribution in [3.8, 4) is 5.69 Å². The van der Waals surface area contributed by atoms with Crippen molar-refractivity contribution < 1.29 is 9.21 Å². The Kier molecular flexibility index (Phi) is 4.20. The number of piperidine rings is 1. The highest BCUT2D eigenvalue weighted by atomic mass is 16.3. The summed E-state index contributed by atoms with van der Waals surface area (Å²) < 4.78 is 7.94. The Morgan fingerprint density at radius 2 is 1.75 bits per heavy atom. The average molecular weight is 371 g/mol. The summed E-state index contributed by atoms with van der Waals surface area (Å²) in [7, 11) is 0. The van der Waals surface area contributed by atoms with Crippen molar-refractivity contribution in [3.05, 3.63) is 84.5 Å². The lowest BCUT2D eigenvalue weighted by Gasteiger charge is -2.30. The molecule has 28 heavy (non-hydrogen) atoms. The minimum absolute atomic E-state index is 0.0880. The topological polar surface area (TPSA) is 51.3 Å². The maximum atomic E-state index is 13.0. The first-order valence-electron chi connectivity index (χ1n) is 9.66. The summed E-state index contributed by atoms with van der Waals surface area (Å²) in [6.07, 6.45) is 5.70. The van der Waals surface area contributed by atoms with Crippen LogP contribution in [0.5, 0.6) is 0 Å². The lowest BCUT2D eigenvalue weighted by Crippen LogP contribution is -2.38. The molecule has 5 nitrogen and oxygen atoms in total. The molecule has 1 saturated heterocycles. The molecular weight excluding hydrogens is 350 g/mol. The van der Waals surface area contributed by atoms with Crippen molar-refractivity contribution in [2.24, 2.45) is 0 Å². The minimum Gasteiger partial charge on any atom is -0.440 e. The SMILES string of the molecule is O=C(c1cccc(-n2cccc2)c1)N1CCC(c2nc3ccccc3o2)CC1. The molecule has 2 aromatic heterocycles. The molecule has 140 valence electrons. The zero-order valence-electron chi connectivity index (χ0n) is 15.5.